The molecule has 32 heavy (non-hydrogen) atoms. The molecule has 2 aromatic carbocycles. The molecule has 0 spiro atoms. The highest BCUT2D eigenvalue weighted by Gasteiger charge is 2.36. The van der Waals surface area contributed by atoms with Crippen LogP contribution in [0.5, 0.6) is 5.75 Å². The Morgan fingerprint density at radius 1 is 1.19 bits per heavy atom. The molecule has 2 atom stereocenters. The molecule has 2 unspecified atom stereocenters. The Balaban J connectivity index is 1.41. The van der Waals surface area contributed by atoms with Crippen molar-refractivity contribution in [1.82, 2.24) is 14.7 Å². The third-order valence-electron chi connectivity index (χ3n) is 6.27. The van der Waals surface area contributed by atoms with Crippen molar-refractivity contribution in [2.24, 2.45) is 0 Å². The summed E-state index contributed by atoms with van der Waals surface area (Å²) in [5.74, 6) is 0.414. The van der Waals surface area contributed by atoms with Crippen molar-refractivity contribution in [3.8, 4) is 11.4 Å². The molecule has 0 radical (unpaired) electrons. The number of benzene rings is 2. The molecule has 0 saturated carbocycles. The van der Waals surface area contributed by atoms with Gasteiger partial charge in [0.05, 0.1) is 30.4 Å². The van der Waals surface area contributed by atoms with E-state index >= 15 is 0 Å². The molecule has 2 aliphatic rings. The number of aryl methyl sites for hydroxylation is 1. The van der Waals surface area contributed by atoms with E-state index in [4.69, 9.17) is 9.47 Å². The summed E-state index contributed by atoms with van der Waals surface area (Å²) >= 11 is 0. The minimum atomic E-state index is -1.17. The van der Waals surface area contributed by atoms with Crippen LogP contribution in [0.3, 0.4) is 0 Å². The fourth-order valence-electron chi connectivity index (χ4n) is 4.48. The van der Waals surface area contributed by atoms with Gasteiger partial charge in [-0.15, -0.1) is 0 Å². The van der Waals surface area contributed by atoms with Crippen molar-refractivity contribution >= 4 is 5.91 Å². The van der Waals surface area contributed by atoms with Crippen molar-refractivity contribution in [1.29, 1.82) is 0 Å². The Kier molecular flexibility index (Phi) is 5.66. The van der Waals surface area contributed by atoms with Crippen molar-refractivity contribution in [3.63, 3.8) is 0 Å². The van der Waals surface area contributed by atoms with Gasteiger partial charge in [-0.25, -0.2) is 9.07 Å². The highest BCUT2D eigenvalue weighted by atomic mass is 19.1. The van der Waals surface area contributed by atoms with E-state index in [1.807, 2.05) is 48.1 Å². The van der Waals surface area contributed by atoms with Gasteiger partial charge in [-0.1, -0.05) is 12.1 Å². The number of carbonyl (C=O) groups excluding carboxylic acids is 1. The van der Waals surface area contributed by atoms with Gasteiger partial charge in [0.15, 0.2) is 0 Å². The molecule has 2 aliphatic heterocycles. The zero-order chi connectivity index (χ0) is 22.1. The lowest BCUT2D eigenvalue weighted by atomic mass is 9.96. The standard InChI is InChI=1S/C25H26FN3O3/c1-17-13-24-21(25(30)28(10-12-32-24)23-7-11-31-16-22(23)26)15-19(17)14-18-3-5-20(6-4-18)29-9-2-8-27-29/h2-6,8-9,13,15,22-23H,7,10-12,14,16H2,1H3. The number of hydrogen-bond donors (Lipinski definition) is 0. The smallest absolute Gasteiger partial charge is 0.258 e. The van der Waals surface area contributed by atoms with Crippen LogP contribution in [0.25, 0.3) is 5.69 Å². The quantitative estimate of drug-likeness (QED) is 0.627. The number of ether oxygens (including phenoxy) is 2. The molecule has 1 amide bonds. The van der Waals surface area contributed by atoms with Gasteiger partial charge in [-0.05, 0) is 66.8 Å². The van der Waals surface area contributed by atoms with Crippen LogP contribution in [0, 0.1) is 6.92 Å². The Hall–Kier alpha value is -3.19. The maximum absolute atomic E-state index is 14.5. The number of hydrogen-bond acceptors (Lipinski definition) is 4. The maximum Gasteiger partial charge on any atom is 0.258 e. The molecule has 0 aliphatic carbocycles. The molecule has 3 heterocycles. The summed E-state index contributed by atoms with van der Waals surface area (Å²) < 4.78 is 27.4. The molecule has 1 aromatic heterocycles. The summed E-state index contributed by atoms with van der Waals surface area (Å²) in [5.41, 5.74) is 4.76. The lowest BCUT2D eigenvalue weighted by Crippen LogP contribution is -2.50. The van der Waals surface area contributed by atoms with E-state index in [0.717, 1.165) is 22.4 Å². The van der Waals surface area contributed by atoms with Crippen LogP contribution in [-0.2, 0) is 11.2 Å². The number of rotatable bonds is 4. The highest BCUT2D eigenvalue weighted by molar-refractivity contribution is 5.98. The first kappa shape index (κ1) is 20.7. The predicted octanol–water partition coefficient (Wildman–Crippen LogP) is 3.73. The number of fused-ring (bicyclic) bond motifs is 1. The summed E-state index contributed by atoms with van der Waals surface area (Å²) in [4.78, 5) is 15.0. The molecule has 0 N–H and O–H groups in total. The molecule has 3 aromatic rings. The van der Waals surface area contributed by atoms with E-state index in [1.165, 1.54) is 0 Å². The van der Waals surface area contributed by atoms with Crippen molar-refractivity contribution < 1.29 is 18.7 Å². The minimum absolute atomic E-state index is 0.0375. The van der Waals surface area contributed by atoms with E-state index in [0.29, 0.717) is 43.9 Å². The number of aromatic nitrogens is 2. The minimum Gasteiger partial charge on any atom is -0.491 e. The topological polar surface area (TPSA) is 56.6 Å². The molecule has 0 bridgehead atoms. The maximum atomic E-state index is 14.5. The van der Waals surface area contributed by atoms with Gasteiger partial charge in [0.1, 0.15) is 18.5 Å². The summed E-state index contributed by atoms with van der Waals surface area (Å²) in [7, 11) is 0. The average molecular weight is 435 g/mol. The van der Waals surface area contributed by atoms with Gasteiger partial charge in [-0.2, -0.15) is 5.10 Å². The molecule has 1 saturated heterocycles. The van der Waals surface area contributed by atoms with Crippen LogP contribution in [0.4, 0.5) is 4.39 Å². The first-order valence-corrected chi connectivity index (χ1v) is 11.0. The van der Waals surface area contributed by atoms with Crippen molar-refractivity contribution in [3.05, 3.63) is 77.1 Å². The lowest BCUT2D eigenvalue weighted by molar-refractivity contribution is -0.0227. The van der Waals surface area contributed by atoms with Crippen LogP contribution >= 0.6 is 0 Å². The van der Waals surface area contributed by atoms with Crippen molar-refractivity contribution in [2.45, 2.75) is 32.0 Å². The number of halogens is 1. The molecule has 166 valence electrons. The zero-order valence-electron chi connectivity index (χ0n) is 18.0. The van der Waals surface area contributed by atoms with Crippen molar-refractivity contribution in [2.75, 3.05) is 26.4 Å². The third kappa shape index (κ3) is 4.00. The number of carbonyl (C=O) groups is 1. The van der Waals surface area contributed by atoms with E-state index in [-0.39, 0.29) is 12.5 Å². The van der Waals surface area contributed by atoms with Crippen LogP contribution in [0.15, 0.2) is 54.9 Å². The first-order valence-electron chi connectivity index (χ1n) is 11.0. The second-order valence-corrected chi connectivity index (χ2v) is 8.36. The molecule has 7 heteroatoms. The summed E-state index contributed by atoms with van der Waals surface area (Å²) in [6, 6.07) is 13.5. The monoisotopic (exact) mass is 435 g/mol. The largest absolute Gasteiger partial charge is 0.491 e. The Labute approximate surface area is 186 Å². The SMILES string of the molecule is Cc1cc2c(cc1Cc1ccc(-n3cccn3)cc1)C(=O)N(C1CCOCC1F)CCO2. The number of amides is 1. The predicted molar refractivity (Wildman–Crippen MR) is 118 cm³/mol. The van der Waals surface area contributed by atoms with E-state index < -0.39 is 12.2 Å². The van der Waals surface area contributed by atoms with Crippen LogP contribution in [-0.4, -0.2) is 59.2 Å². The summed E-state index contributed by atoms with van der Waals surface area (Å²) in [5, 5.41) is 4.26. The van der Waals surface area contributed by atoms with E-state index in [9.17, 15) is 9.18 Å². The fraction of sp³-hybridized carbons (Fsp3) is 0.360. The van der Waals surface area contributed by atoms with E-state index in [2.05, 4.69) is 17.2 Å². The molecule has 1 fully saturated rings. The Bertz CT molecular complexity index is 1100. The second kappa shape index (κ2) is 8.74. The molecular weight excluding hydrogens is 409 g/mol. The summed E-state index contributed by atoms with van der Waals surface area (Å²) in [6.45, 7) is 3.27. The zero-order valence-corrected chi connectivity index (χ0v) is 18.0. The fourth-order valence-corrected chi connectivity index (χ4v) is 4.48. The highest BCUT2D eigenvalue weighted by Crippen LogP contribution is 2.31. The normalized spacial score (nSPS) is 21.1. The van der Waals surface area contributed by atoms with Gasteiger partial charge in [0.2, 0.25) is 0 Å². The van der Waals surface area contributed by atoms with Gasteiger partial charge in [-0.3, -0.25) is 4.79 Å². The van der Waals surface area contributed by atoms with Gasteiger partial charge in [0, 0.05) is 19.0 Å². The molecule has 6 nitrogen and oxygen atoms in total. The van der Waals surface area contributed by atoms with Gasteiger partial charge in [0.25, 0.3) is 5.91 Å². The Morgan fingerprint density at radius 3 is 2.78 bits per heavy atom. The molecular formula is C25H26FN3O3. The number of alkyl halides is 1. The van der Waals surface area contributed by atoms with Crippen LogP contribution < -0.4 is 4.74 Å². The average Bonchev–Trinajstić information content (AvgIpc) is 3.29. The van der Waals surface area contributed by atoms with Crippen LogP contribution in [0.1, 0.15) is 33.5 Å². The first-order chi connectivity index (χ1) is 15.6. The van der Waals surface area contributed by atoms with E-state index in [1.54, 1.807) is 11.1 Å². The van der Waals surface area contributed by atoms with Crippen LogP contribution in [0.2, 0.25) is 0 Å². The summed E-state index contributed by atoms with van der Waals surface area (Å²) in [6.07, 6.45) is 3.68. The third-order valence-corrected chi connectivity index (χ3v) is 6.27. The lowest BCUT2D eigenvalue weighted by Gasteiger charge is -2.35. The molecule has 5 rings (SSSR count). The Morgan fingerprint density at radius 2 is 2.03 bits per heavy atom. The number of nitrogens with zero attached hydrogens (tertiary/aromatic N) is 3. The van der Waals surface area contributed by atoms with Gasteiger partial charge < -0.3 is 14.4 Å². The van der Waals surface area contributed by atoms with Gasteiger partial charge >= 0.3 is 0 Å². The second-order valence-electron chi connectivity index (χ2n) is 8.36.